The van der Waals surface area contributed by atoms with Gasteiger partial charge in [-0.25, -0.2) is 4.98 Å². The van der Waals surface area contributed by atoms with E-state index in [0.717, 1.165) is 31.7 Å². The van der Waals surface area contributed by atoms with Crippen molar-refractivity contribution in [1.82, 2.24) is 10.3 Å². The molecule has 0 aromatic carbocycles. The zero-order valence-corrected chi connectivity index (χ0v) is 9.61. The molecule has 0 aliphatic carbocycles. The van der Waals surface area contributed by atoms with E-state index in [1.807, 2.05) is 19.1 Å². The van der Waals surface area contributed by atoms with Crippen molar-refractivity contribution in [1.29, 1.82) is 0 Å². The summed E-state index contributed by atoms with van der Waals surface area (Å²) in [5, 5.41) is 3.31. The smallest absolute Gasteiger partial charge is 0.213 e. The Morgan fingerprint density at radius 1 is 1.38 bits per heavy atom. The van der Waals surface area contributed by atoms with Crippen LogP contribution in [0.5, 0.6) is 11.6 Å². The maximum Gasteiger partial charge on any atom is 0.213 e. The zero-order chi connectivity index (χ0) is 11.2. The second-order valence-electron chi connectivity index (χ2n) is 3.83. The predicted octanol–water partition coefficient (Wildman–Crippen LogP) is 1.61. The van der Waals surface area contributed by atoms with E-state index in [1.165, 1.54) is 0 Å². The van der Waals surface area contributed by atoms with Gasteiger partial charge in [0, 0.05) is 6.07 Å². The first-order valence-electron chi connectivity index (χ1n) is 5.84. The molecule has 0 unspecified atom stereocenters. The fourth-order valence-corrected chi connectivity index (χ4v) is 1.78. The van der Waals surface area contributed by atoms with Crippen LogP contribution in [0, 0.1) is 0 Å². The van der Waals surface area contributed by atoms with Crippen LogP contribution >= 0.6 is 0 Å². The van der Waals surface area contributed by atoms with Gasteiger partial charge in [-0.2, -0.15) is 0 Å². The third-order valence-corrected chi connectivity index (χ3v) is 2.59. The molecule has 2 rings (SSSR count). The van der Waals surface area contributed by atoms with Gasteiger partial charge in [-0.3, -0.25) is 0 Å². The van der Waals surface area contributed by atoms with Crippen LogP contribution in [0.4, 0.5) is 0 Å². The summed E-state index contributed by atoms with van der Waals surface area (Å²) in [6, 6.07) is 3.76. The third kappa shape index (κ3) is 3.10. The Balaban J connectivity index is 1.88. The molecule has 2 heterocycles. The lowest BCUT2D eigenvalue weighted by molar-refractivity contribution is 0.161. The summed E-state index contributed by atoms with van der Waals surface area (Å²) < 4.78 is 11.1. The number of hydrogen-bond donors (Lipinski definition) is 1. The average Bonchev–Trinajstić information content (AvgIpc) is 2.33. The van der Waals surface area contributed by atoms with Crippen molar-refractivity contribution in [2.75, 3.05) is 19.7 Å². The predicted molar refractivity (Wildman–Crippen MR) is 61.9 cm³/mol. The van der Waals surface area contributed by atoms with Crippen molar-refractivity contribution >= 4 is 0 Å². The van der Waals surface area contributed by atoms with Crippen LogP contribution < -0.4 is 14.8 Å². The molecule has 4 heteroatoms. The first-order chi connectivity index (χ1) is 7.88. The highest BCUT2D eigenvalue weighted by Crippen LogP contribution is 2.17. The Morgan fingerprint density at radius 3 is 2.81 bits per heavy atom. The Morgan fingerprint density at radius 2 is 2.19 bits per heavy atom. The lowest BCUT2D eigenvalue weighted by Gasteiger charge is -2.23. The number of aromatic nitrogens is 1. The number of ether oxygens (including phenoxy) is 2. The van der Waals surface area contributed by atoms with Gasteiger partial charge in [0.2, 0.25) is 5.88 Å². The van der Waals surface area contributed by atoms with Crippen LogP contribution in [0.1, 0.15) is 19.8 Å². The first-order valence-corrected chi connectivity index (χ1v) is 5.84. The molecule has 1 saturated heterocycles. The number of hydrogen-bond acceptors (Lipinski definition) is 4. The highest BCUT2D eigenvalue weighted by atomic mass is 16.5. The molecule has 0 saturated carbocycles. The van der Waals surface area contributed by atoms with Crippen LogP contribution in [0.25, 0.3) is 0 Å². The van der Waals surface area contributed by atoms with Crippen molar-refractivity contribution in [3.05, 3.63) is 18.3 Å². The molecular formula is C12H18N2O2. The number of nitrogens with zero attached hydrogens (tertiary/aromatic N) is 1. The standard InChI is InChI=1S/C12H18N2O2/c1-2-15-12-4-3-11(9-14-12)16-10-5-7-13-8-6-10/h3-4,9-10,13H,2,5-8H2,1H3. The highest BCUT2D eigenvalue weighted by molar-refractivity contribution is 5.23. The lowest BCUT2D eigenvalue weighted by atomic mass is 10.1. The lowest BCUT2D eigenvalue weighted by Crippen LogP contribution is -2.34. The SMILES string of the molecule is CCOc1ccc(OC2CCNCC2)cn1. The van der Waals surface area contributed by atoms with Gasteiger partial charge in [0.05, 0.1) is 12.8 Å². The quantitative estimate of drug-likeness (QED) is 0.840. The summed E-state index contributed by atoms with van der Waals surface area (Å²) in [5.74, 6) is 1.48. The summed E-state index contributed by atoms with van der Waals surface area (Å²) in [5.41, 5.74) is 0. The van der Waals surface area contributed by atoms with E-state index in [-0.39, 0.29) is 0 Å². The zero-order valence-electron chi connectivity index (χ0n) is 9.61. The molecule has 1 N–H and O–H groups in total. The van der Waals surface area contributed by atoms with Crippen molar-refractivity contribution in [2.24, 2.45) is 0 Å². The Kier molecular flexibility index (Phi) is 3.99. The molecule has 0 spiro atoms. The summed E-state index contributed by atoms with van der Waals surface area (Å²) in [7, 11) is 0. The number of rotatable bonds is 4. The second kappa shape index (κ2) is 5.70. The minimum Gasteiger partial charge on any atom is -0.489 e. The van der Waals surface area contributed by atoms with Crippen LogP contribution in [-0.2, 0) is 0 Å². The van der Waals surface area contributed by atoms with E-state index in [0.29, 0.717) is 18.6 Å². The van der Waals surface area contributed by atoms with Gasteiger partial charge in [-0.1, -0.05) is 0 Å². The van der Waals surface area contributed by atoms with Gasteiger partial charge in [0.25, 0.3) is 0 Å². The van der Waals surface area contributed by atoms with Crippen LogP contribution in [-0.4, -0.2) is 30.8 Å². The molecule has 1 aliphatic rings. The fraction of sp³-hybridized carbons (Fsp3) is 0.583. The molecule has 0 atom stereocenters. The summed E-state index contributed by atoms with van der Waals surface area (Å²) >= 11 is 0. The minimum absolute atomic E-state index is 0.320. The molecule has 0 radical (unpaired) electrons. The van der Waals surface area contributed by atoms with Gasteiger partial charge in [0.15, 0.2) is 0 Å². The van der Waals surface area contributed by atoms with Crippen LogP contribution in [0.3, 0.4) is 0 Å². The molecular weight excluding hydrogens is 204 g/mol. The molecule has 1 aromatic heterocycles. The Hall–Kier alpha value is -1.29. The third-order valence-electron chi connectivity index (χ3n) is 2.59. The van der Waals surface area contributed by atoms with E-state index in [2.05, 4.69) is 10.3 Å². The highest BCUT2D eigenvalue weighted by Gasteiger charge is 2.14. The Labute approximate surface area is 96.0 Å². The maximum atomic E-state index is 5.83. The normalized spacial score (nSPS) is 17.1. The Bertz CT molecular complexity index is 307. The largest absolute Gasteiger partial charge is 0.489 e. The number of nitrogens with one attached hydrogen (secondary N) is 1. The van der Waals surface area contributed by atoms with Gasteiger partial charge < -0.3 is 14.8 Å². The van der Waals surface area contributed by atoms with Crippen molar-refractivity contribution in [2.45, 2.75) is 25.9 Å². The van der Waals surface area contributed by atoms with Crippen molar-refractivity contribution in [3.8, 4) is 11.6 Å². The number of pyridine rings is 1. The van der Waals surface area contributed by atoms with Crippen molar-refractivity contribution in [3.63, 3.8) is 0 Å². The molecule has 16 heavy (non-hydrogen) atoms. The average molecular weight is 222 g/mol. The molecule has 0 amide bonds. The van der Waals surface area contributed by atoms with E-state index in [9.17, 15) is 0 Å². The fourth-order valence-electron chi connectivity index (χ4n) is 1.78. The molecule has 1 fully saturated rings. The summed E-state index contributed by atoms with van der Waals surface area (Å²) in [6.07, 6.45) is 4.17. The van der Waals surface area contributed by atoms with E-state index in [4.69, 9.17) is 9.47 Å². The summed E-state index contributed by atoms with van der Waals surface area (Å²) in [6.45, 7) is 4.66. The van der Waals surface area contributed by atoms with Crippen LogP contribution in [0.15, 0.2) is 18.3 Å². The molecule has 1 aromatic rings. The topological polar surface area (TPSA) is 43.4 Å². The number of piperidine rings is 1. The van der Waals surface area contributed by atoms with E-state index >= 15 is 0 Å². The summed E-state index contributed by atoms with van der Waals surface area (Å²) in [4.78, 5) is 4.17. The van der Waals surface area contributed by atoms with E-state index < -0.39 is 0 Å². The molecule has 88 valence electrons. The minimum atomic E-state index is 0.320. The van der Waals surface area contributed by atoms with Gasteiger partial charge in [-0.05, 0) is 38.9 Å². The molecule has 0 bridgehead atoms. The van der Waals surface area contributed by atoms with Gasteiger partial charge in [0.1, 0.15) is 11.9 Å². The van der Waals surface area contributed by atoms with Crippen LogP contribution in [0.2, 0.25) is 0 Å². The van der Waals surface area contributed by atoms with Gasteiger partial charge in [-0.15, -0.1) is 0 Å². The monoisotopic (exact) mass is 222 g/mol. The molecule has 1 aliphatic heterocycles. The van der Waals surface area contributed by atoms with Gasteiger partial charge >= 0.3 is 0 Å². The van der Waals surface area contributed by atoms with E-state index in [1.54, 1.807) is 6.20 Å². The molecule has 4 nitrogen and oxygen atoms in total. The maximum absolute atomic E-state index is 5.83. The second-order valence-corrected chi connectivity index (χ2v) is 3.83. The first kappa shape index (κ1) is 11.2. The van der Waals surface area contributed by atoms with Crippen molar-refractivity contribution < 1.29 is 9.47 Å².